The summed E-state index contributed by atoms with van der Waals surface area (Å²) in [5.41, 5.74) is 2.45. The van der Waals surface area contributed by atoms with Crippen molar-refractivity contribution in [2.24, 2.45) is 4.99 Å². The zero-order chi connectivity index (χ0) is 7.40. The van der Waals surface area contributed by atoms with E-state index in [4.69, 9.17) is 0 Å². The predicted molar refractivity (Wildman–Crippen MR) is 46.5 cm³/mol. The van der Waals surface area contributed by atoms with Crippen LogP contribution in [0.15, 0.2) is 15.8 Å². The maximum absolute atomic E-state index is 4.02. The summed E-state index contributed by atoms with van der Waals surface area (Å²) in [6.07, 6.45) is 3.81. The first-order chi connectivity index (χ1) is 4.97. The minimum atomic E-state index is 0. The van der Waals surface area contributed by atoms with Gasteiger partial charge in [0.15, 0.2) is 0 Å². The summed E-state index contributed by atoms with van der Waals surface area (Å²) in [6, 6.07) is 0. The topological polar surface area (TPSA) is 12.4 Å². The van der Waals surface area contributed by atoms with Crippen LogP contribution in [0, 0.1) is 0 Å². The SMILES string of the molecule is CC.[C-]1=Nc2cscc2C1.[Y]. The average Bonchev–Trinajstić information content (AvgIpc) is 2.49. The molecule has 0 unspecified atom stereocenters. The normalized spacial score (nSPS) is 11.1. The van der Waals surface area contributed by atoms with E-state index in [9.17, 15) is 0 Å². The van der Waals surface area contributed by atoms with E-state index in [0.29, 0.717) is 0 Å². The van der Waals surface area contributed by atoms with E-state index in [1.807, 2.05) is 13.8 Å². The fourth-order valence-corrected chi connectivity index (χ4v) is 1.53. The molecular formula is C8H10NSY-. The number of aliphatic imine (C=N–C) groups is 1. The molecule has 0 spiro atoms. The van der Waals surface area contributed by atoms with Crippen molar-refractivity contribution in [3.05, 3.63) is 16.3 Å². The van der Waals surface area contributed by atoms with Gasteiger partial charge in [-0.3, -0.25) is 0 Å². The molecule has 3 heteroatoms. The molecule has 0 saturated heterocycles. The van der Waals surface area contributed by atoms with E-state index >= 15 is 0 Å². The van der Waals surface area contributed by atoms with Crippen LogP contribution in [0.1, 0.15) is 19.4 Å². The van der Waals surface area contributed by atoms with Crippen molar-refractivity contribution in [1.82, 2.24) is 0 Å². The monoisotopic (exact) mass is 241 g/mol. The molecule has 0 saturated carbocycles. The molecule has 0 bridgehead atoms. The van der Waals surface area contributed by atoms with E-state index in [0.717, 1.165) is 12.1 Å². The van der Waals surface area contributed by atoms with Gasteiger partial charge in [0.25, 0.3) is 0 Å². The second-order valence-electron chi connectivity index (χ2n) is 1.73. The van der Waals surface area contributed by atoms with Crippen molar-refractivity contribution in [2.75, 3.05) is 0 Å². The molecule has 1 aromatic heterocycles. The molecule has 1 aliphatic heterocycles. The summed E-state index contributed by atoms with van der Waals surface area (Å²) in [7, 11) is 0. The summed E-state index contributed by atoms with van der Waals surface area (Å²) in [4.78, 5) is 4.02. The Morgan fingerprint density at radius 2 is 2.18 bits per heavy atom. The minimum absolute atomic E-state index is 0. The number of fused-ring (bicyclic) bond motifs is 1. The van der Waals surface area contributed by atoms with Gasteiger partial charge in [0.05, 0.1) is 0 Å². The maximum atomic E-state index is 4.02. The van der Waals surface area contributed by atoms with Gasteiger partial charge in [0.2, 0.25) is 0 Å². The molecule has 0 amide bonds. The molecule has 1 aromatic rings. The smallest absolute Gasteiger partial charge is 0 e. The second-order valence-corrected chi connectivity index (χ2v) is 2.47. The van der Waals surface area contributed by atoms with E-state index in [1.165, 1.54) is 5.56 Å². The molecule has 1 radical (unpaired) electrons. The van der Waals surface area contributed by atoms with Crippen molar-refractivity contribution in [3.63, 3.8) is 0 Å². The molecule has 1 nitrogen and oxygen atoms in total. The van der Waals surface area contributed by atoms with Crippen LogP contribution in [-0.2, 0) is 39.1 Å². The van der Waals surface area contributed by atoms with Crippen molar-refractivity contribution >= 4 is 23.2 Å². The predicted octanol–water partition coefficient (Wildman–Crippen LogP) is 2.91. The molecule has 2 heterocycles. The van der Waals surface area contributed by atoms with E-state index in [-0.39, 0.29) is 32.7 Å². The number of hydrogen-bond donors (Lipinski definition) is 0. The number of hydrogen-bond acceptors (Lipinski definition) is 2. The number of thiophene rings is 1. The van der Waals surface area contributed by atoms with Crippen LogP contribution < -0.4 is 0 Å². The summed E-state index contributed by atoms with van der Waals surface area (Å²) < 4.78 is 0. The third-order valence-corrected chi connectivity index (χ3v) is 1.97. The van der Waals surface area contributed by atoms with Crippen LogP contribution >= 0.6 is 11.3 Å². The first-order valence-electron chi connectivity index (χ1n) is 3.45. The molecule has 0 aromatic carbocycles. The Hall–Kier alpha value is 0.474. The minimum Gasteiger partial charge on any atom is -0.455 e. The quantitative estimate of drug-likeness (QED) is 0.619. The molecule has 0 fully saturated rings. The third kappa shape index (κ3) is 2.77. The molecule has 57 valence electrons. The third-order valence-electron chi connectivity index (χ3n) is 1.19. The van der Waals surface area contributed by atoms with Gasteiger partial charge in [-0.1, -0.05) is 31.3 Å². The van der Waals surface area contributed by atoms with Crippen molar-refractivity contribution in [1.29, 1.82) is 0 Å². The van der Waals surface area contributed by atoms with Gasteiger partial charge >= 0.3 is 0 Å². The number of rotatable bonds is 0. The largest absolute Gasteiger partial charge is 0.455 e. The van der Waals surface area contributed by atoms with Gasteiger partial charge in [-0.15, -0.1) is 5.56 Å². The maximum Gasteiger partial charge on any atom is 0 e. The van der Waals surface area contributed by atoms with Crippen LogP contribution in [0.4, 0.5) is 5.69 Å². The van der Waals surface area contributed by atoms with Gasteiger partial charge in [-0.25, -0.2) is 0 Å². The molecule has 11 heavy (non-hydrogen) atoms. The van der Waals surface area contributed by atoms with Crippen LogP contribution in [0.25, 0.3) is 0 Å². The standard InChI is InChI=1S/C6H4NS.C2H6.Y/c1-2-7-6-4-8-3-5(1)6;1-2;/h3-4H,1H2;1-2H3;/q-1;;. The van der Waals surface area contributed by atoms with Crippen LogP contribution in [0.3, 0.4) is 0 Å². The van der Waals surface area contributed by atoms with Crippen LogP contribution in [0.5, 0.6) is 0 Å². The van der Waals surface area contributed by atoms with Gasteiger partial charge in [0.1, 0.15) is 0 Å². The molecule has 1 aliphatic rings. The Balaban J connectivity index is 0.000000311. The Morgan fingerprint density at radius 1 is 1.45 bits per heavy atom. The van der Waals surface area contributed by atoms with Crippen LogP contribution in [0.2, 0.25) is 0 Å². The Labute approximate surface area is 96.8 Å². The van der Waals surface area contributed by atoms with Gasteiger partial charge in [-0.05, 0) is 5.38 Å². The first kappa shape index (κ1) is 11.5. The van der Waals surface area contributed by atoms with Gasteiger partial charge < -0.3 is 4.99 Å². The average molecular weight is 241 g/mol. The van der Waals surface area contributed by atoms with Gasteiger partial charge in [-0.2, -0.15) is 17.6 Å². The Morgan fingerprint density at radius 3 is 2.82 bits per heavy atom. The fraction of sp³-hybridized carbons (Fsp3) is 0.375. The van der Waals surface area contributed by atoms with Crippen molar-refractivity contribution in [2.45, 2.75) is 20.3 Å². The molecule has 0 aliphatic carbocycles. The fourth-order valence-electron chi connectivity index (χ4n) is 0.757. The first-order valence-corrected chi connectivity index (χ1v) is 4.40. The molecular weight excluding hydrogens is 231 g/mol. The summed E-state index contributed by atoms with van der Waals surface area (Å²) in [5.74, 6) is 0. The van der Waals surface area contributed by atoms with Gasteiger partial charge in [0, 0.05) is 32.7 Å². The Bertz CT molecular complexity index is 230. The molecule has 2 rings (SSSR count). The zero-order valence-corrected chi connectivity index (χ0v) is 10.4. The second kappa shape index (κ2) is 6.04. The molecule has 0 atom stereocenters. The van der Waals surface area contributed by atoms with Crippen LogP contribution in [-0.4, -0.2) is 6.21 Å². The zero-order valence-electron chi connectivity index (χ0n) is 6.79. The summed E-state index contributed by atoms with van der Waals surface area (Å²) in [6.45, 7) is 4.00. The summed E-state index contributed by atoms with van der Waals surface area (Å²) >= 11 is 1.71. The summed E-state index contributed by atoms with van der Waals surface area (Å²) in [5, 5.41) is 4.17. The Kier molecular flexibility index (Phi) is 6.30. The molecule has 0 N–H and O–H groups in total. The van der Waals surface area contributed by atoms with Crippen molar-refractivity contribution < 1.29 is 32.7 Å². The van der Waals surface area contributed by atoms with E-state index in [2.05, 4.69) is 22.0 Å². The van der Waals surface area contributed by atoms with E-state index in [1.54, 1.807) is 11.3 Å². The number of nitrogens with zero attached hydrogens (tertiary/aromatic N) is 1. The van der Waals surface area contributed by atoms with Crippen molar-refractivity contribution in [3.8, 4) is 0 Å². The van der Waals surface area contributed by atoms with E-state index < -0.39 is 0 Å².